The van der Waals surface area contributed by atoms with E-state index < -0.39 is 0 Å². The van der Waals surface area contributed by atoms with E-state index in [1.165, 1.54) is 12.4 Å². The summed E-state index contributed by atoms with van der Waals surface area (Å²) in [6, 6.07) is 3.75. The summed E-state index contributed by atoms with van der Waals surface area (Å²) >= 11 is 0. The molecule has 10 heteroatoms. The van der Waals surface area contributed by atoms with Gasteiger partial charge in [-0.2, -0.15) is 5.26 Å². The normalized spacial score (nSPS) is 19.1. The van der Waals surface area contributed by atoms with Crippen LogP contribution in [-0.4, -0.2) is 58.6 Å². The Labute approximate surface area is 156 Å². The van der Waals surface area contributed by atoms with E-state index >= 15 is 0 Å². The van der Waals surface area contributed by atoms with Gasteiger partial charge in [-0.25, -0.2) is 9.97 Å². The van der Waals surface area contributed by atoms with E-state index in [9.17, 15) is 0 Å². The van der Waals surface area contributed by atoms with Crippen molar-refractivity contribution in [1.82, 2.24) is 25.5 Å². The number of aromatic nitrogens is 4. The third-order valence-electron chi connectivity index (χ3n) is 4.11. The SMILES string of the molecule is N#Cc1cnc(Nc2cc(NC[C@@H]3CNCCO3)c(OC3CC3)nn2)cn1. The summed E-state index contributed by atoms with van der Waals surface area (Å²) in [5.74, 6) is 1.46. The molecule has 2 fully saturated rings. The number of nitrogens with one attached hydrogen (secondary N) is 3. The number of morpholine rings is 1. The lowest BCUT2D eigenvalue weighted by molar-refractivity contribution is 0.0372. The van der Waals surface area contributed by atoms with Crippen molar-refractivity contribution in [3.05, 3.63) is 24.2 Å². The van der Waals surface area contributed by atoms with E-state index in [2.05, 4.69) is 36.1 Å². The molecule has 1 atom stereocenters. The first-order valence-electron chi connectivity index (χ1n) is 8.90. The molecule has 1 aliphatic carbocycles. The minimum Gasteiger partial charge on any atom is -0.472 e. The molecule has 0 spiro atoms. The van der Waals surface area contributed by atoms with Crippen LogP contribution >= 0.6 is 0 Å². The number of anilines is 3. The average Bonchev–Trinajstić information content (AvgIpc) is 3.53. The van der Waals surface area contributed by atoms with Gasteiger partial charge in [0.2, 0.25) is 0 Å². The van der Waals surface area contributed by atoms with Crippen LogP contribution < -0.4 is 20.7 Å². The van der Waals surface area contributed by atoms with E-state index in [4.69, 9.17) is 14.7 Å². The van der Waals surface area contributed by atoms with Crippen LogP contribution in [0.4, 0.5) is 17.3 Å². The molecule has 1 saturated heterocycles. The smallest absolute Gasteiger partial charge is 0.257 e. The standard InChI is InChI=1S/C17H20N8O2/c18-6-11-7-22-16(10-20-11)23-15-5-14(17(25-24-15)27-12-1-2-12)21-9-13-8-19-3-4-26-13/h5,7,10,12-13,19H,1-4,8-9H2,(H2,21,22,23,24)/t13-/m0/s1. The van der Waals surface area contributed by atoms with Crippen molar-refractivity contribution < 1.29 is 9.47 Å². The Hall–Kier alpha value is -3.03. The van der Waals surface area contributed by atoms with Crippen LogP contribution in [0, 0.1) is 11.3 Å². The minimum atomic E-state index is 0.0847. The summed E-state index contributed by atoms with van der Waals surface area (Å²) in [4.78, 5) is 8.11. The summed E-state index contributed by atoms with van der Waals surface area (Å²) < 4.78 is 11.6. The van der Waals surface area contributed by atoms with Crippen LogP contribution in [0.2, 0.25) is 0 Å². The van der Waals surface area contributed by atoms with Gasteiger partial charge in [-0.15, -0.1) is 10.2 Å². The van der Waals surface area contributed by atoms with Gasteiger partial charge >= 0.3 is 0 Å². The lowest BCUT2D eigenvalue weighted by atomic mass is 10.3. The molecule has 2 aromatic rings. The maximum absolute atomic E-state index is 8.80. The van der Waals surface area contributed by atoms with Crippen LogP contribution in [0.25, 0.3) is 0 Å². The fourth-order valence-corrected chi connectivity index (χ4v) is 2.56. The van der Waals surface area contributed by atoms with Crippen LogP contribution in [0.15, 0.2) is 18.5 Å². The van der Waals surface area contributed by atoms with Crippen molar-refractivity contribution in [3.8, 4) is 11.9 Å². The number of hydrogen-bond donors (Lipinski definition) is 3. The molecule has 1 saturated carbocycles. The highest BCUT2D eigenvalue weighted by atomic mass is 16.5. The van der Waals surface area contributed by atoms with Crippen molar-refractivity contribution in [2.45, 2.75) is 25.0 Å². The average molecular weight is 368 g/mol. The second kappa shape index (κ2) is 8.11. The van der Waals surface area contributed by atoms with Gasteiger partial charge in [-0.3, -0.25) is 0 Å². The molecule has 0 unspecified atom stereocenters. The maximum Gasteiger partial charge on any atom is 0.257 e. The molecule has 0 aromatic carbocycles. The predicted molar refractivity (Wildman–Crippen MR) is 96.8 cm³/mol. The zero-order chi connectivity index (χ0) is 18.5. The Bertz CT molecular complexity index is 813. The van der Waals surface area contributed by atoms with Gasteiger partial charge in [0.15, 0.2) is 11.5 Å². The molecular weight excluding hydrogens is 348 g/mol. The Morgan fingerprint density at radius 1 is 1.26 bits per heavy atom. The van der Waals surface area contributed by atoms with E-state index in [0.717, 1.165) is 31.6 Å². The second-order valence-electron chi connectivity index (χ2n) is 6.37. The molecule has 2 aliphatic rings. The molecular formula is C17H20N8O2. The second-order valence-corrected chi connectivity index (χ2v) is 6.37. The molecule has 0 radical (unpaired) electrons. The highest BCUT2D eigenvalue weighted by molar-refractivity contribution is 5.61. The number of nitriles is 1. The fourth-order valence-electron chi connectivity index (χ4n) is 2.56. The lowest BCUT2D eigenvalue weighted by Gasteiger charge is -2.24. The summed E-state index contributed by atoms with van der Waals surface area (Å²) in [5, 5.41) is 26.8. The molecule has 1 aliphatic heterocycles. The van der Waals surface area contributed by atoms with Gasteiger partial charge in [-0.1, -0.05) is 0 Å². The summed E-state index contributed by atoms with van der Waals surface area (Å²) in [6.45, 7) is 3.02. The molecule has 0 bridgehead atoms. The highest BCUT2D eigenvalue weighted by Gasteiger charge is 2.26. The molecule has 3 N–H and O–H groups in total. The molecule has 0 amide bonds. The molecule has 3 heterocycles. The third kappa shape index (κ3) is 4.78. The molecule has 4 rings (SSSR count). The van der Waals surface area contributed by atoms with Gasteiger partial charge < -0.3 is 25.4 Å². The van der Waals surface area contributed by atoms with E-state index in [0.29, 0.717) is 30.7 Å². The Morgan fingerprint density at radius 3 is 2.89 bits per heavy atom. The van der Waals surface area contributed by atoms with Crippen molar-refractivity contribution in [2.75, 3.05) is 36.9 Å². The van der Waals surface area contributed by atoms with Crippen molar-refractivity contribution in [3.63, 3.8) is 0 Å². The number of nitrogens with zero attached hydrogens (tertiary/aromatic N) is 5. The topological polar surface area (TPSA) is 130 Å². The number of hydrogen-bond acceptors (Lipinski definition) is 10. The first kappa shape index (κ1) is 17.4. The quantitative estimate of drug-likeness (QED) is 0.646. The van der Waals surface area contributed by atoms with Crippen molar-refractivity contribution >= 4 is 17.3 Å². The number of rotatable bonds is 7. The van der Waals surface area contributed by atoms with Crippen molar-refractivity contribution in [1.29, 1.82) is 5.26 Å². The van der Waals surface area contributed by atoms with Gasteiger partial charge in [0, 0.05) is 25.7 Å². The van der Waals surface area contributed by atoms with E-state index in [-0.39, 0.29) is 17.9 Å². The van der Waals surface area contributed by atoms with E-state index in [1.807, 2.05) is 12.1 Å². The Kier molecular flexibility index (Phi) is 5.22. The monoisotopic (exact) mass is 368 g/mol. The molecule has 2 aromatic heterocycles. The maximum atomic E-state index is 8.80. The first-order chi connectivity index (χ1) is 13.3. The van der Waals surface area contributed by atoms with Crippen molar-refractivity contribution in [2.24, 2.45) is 0 Å². The van der Waals surface area contributed by atoms with Crippen LogP contribution in [0.1, 0.15) is 18.5 Å². The van der Waals surface area contributed by atoms with Crippen LogP contribution in [0.5, 0.6) is 5.88 Å². The molecule has 140 valence electrons. The summed E-state index contributed by atoms with van der Waals surface area (Å²) in [7, 11) is 0. The zero-order valence-corrected chi connectivity index (χ0v) is 14.7. The van der Waals surface area contributed by atoms with Gasteiger partial charge in [0.05, 0.1) is 25.1 Å². The molecule has 10 nitrogen and oxygen atoms in total. The fraction of sp³-hybridized carbons (Fsp3) is 0.471. The van der Waals surface area contributed by atoms with Crippen LogP contribution in [-0.2, 0) is 4.74 Å². The van der Waals surface area contributed by atoms with Crippen LogP contribution in [0.3, 0.4) is 0 Å². The first-order valence-corrected chi connectivity index (χ1v) is 8.90. The largest absolute Gasteiger partial charge is 0.472 e. The van der Waals surface area contributed by atoms with E-state index in [1.54, 1.807) is 0 Å². The predicted octanol–water partition coefficient (Wildman–Crippen LogP) is 0.823. The van der Waals surface area contributed by atoms with Gasteiger partial charge in [0.25, 0.3) is 5.88 Å². The lowest BCUT2D eigenvalue weighted by Crippen LogP contribution is -2.42. The number of ether oxygens (including phenoxy) is 2. The zero-order valence-electron chi connectivity index (χ0n) is 14.7. The highest BCUT2D eigenvalue weighted by Crippen LogP contribution is 2.31. The van der Waals surface area contributed by atoms with Gasteiger partial charge in [0.1, 0.15) is 23.7 Å². The Morgan fingerprint density at radius 2 is 2.19 bits per heavy atom. The summed E-state index contributed by atoms with van der Waals surface area (Å²) in [6.07, 6.45) is 5.25. The van der Waals surface area contributed by atoms with Gasteiger partial charge in [-0.05, 0) is 12.8 Å². The third-order valence-corrected chi connectivity index (χ3v) is 4.11. The summed E-state index contributed by atoms with van der Waals surface area (Å²) in [5.41, 5.74) is 0.999. The minimum absolute atomic E-state index is 0.0847. The molecule has 27 heavy (non-hydrogen) atoms. The Balaban J connectivity index is 1.47.